The summed E-state index contributed by atoms with van der Waals surface area (Å²) in [5.41, 5.74) is 1.06. The summed E-state index contributed by atoms with van der Waals surface area (Å²) in [7, 11) is 0. The highest BCUT2D eigenvalue weighted by Gasteiger charge is 2.39. The number of fused-ring (bicyclic) bond motifs is 1. The average molecular weight is 389 g/mol. The molecule has 3 heterocycles. The number of nitrogens with zero attached hydrogens (tertiary/aromatic N) is 4. The van der Waals surface area contributed by atoms with Crippen LogP contribution in [-0.2, 0) is 0 Å². The Morgan fingerprint density at radius 3 is 2.61 bits per heavy atom. The lowest BCUT2D eigenvalue weighted by Gasteiger charge is -2.33. The van der Waals surface area contributed by atoms with Crippen LogP contribution in [0.3, 0.4) is 0 Å². The third-order valence-electron chi connectivity index (χ3n) is 6.15. The Balaban J connectivity index is 1.49. The Hall–Kier alpha value is -2.58. The second kappa shape index (κ2) is 6.22. The molecular weight excluding hydrogens is 368 g/mol. The van der Waals surface area contributed by atoms with Crippen molar-refractivity contribution < 1.29 is 13.3 Å². The predicted octanol–water partition coefficient (Wildman–Crippen LogP) is 3.83. The van der Waals surface area contributed by atoms with Crippen molar-refractivity contribution in [1.82, 2.24) is 24.9 Å². The van der Waals surface area contributed by atoms with Gasteiger partial charge in [0.05, 0.1) is 17.9 Å². The number of hydrogen-bond acceptors (Lipinski definition) is 5. The minimum atomic E-state index is -2.61. The van der Waals surface area contributed by atoms with E-state index in [4.69, 9.17) is 9.51 Å². The van der Waals surface area contributed by atoms with E-state index in [0.29, 0.717) is 29.7 Å². The summed E-state index contributed by atoms with van der Waals surface area (Å²) in [5, 5.41) is 8.66. The largest absolute Gasteiger partial charge is 0.361 e. The summed E-state index contributed by atoms with van der Waals surface area (Å²) in [6.07, 6.45) is 3.65. The summed E-state index contributed by atoms with van der Waals surface area (Å²) in [6, 6.07) is 1.76. The molecule has 0 aliphatic heterocycles. The van der Waals surface area contributed by atoms with Gasteiger partial charge >= 0.3 is 0 Å². The fourth-order valence-electron chi connectivity index (χ4n) is 4.39. The van der Waals surface area contributed by atoms with Crippen LogP contribution in [0.25, 0.3) is 11.0 Å². The van der Waals surface area contributed by atoms with Crippen molar-refractivity contribution in [2.45, 2.75) is 69.2 Å². The standard InChI is InChI=1S/C19H21F2N5O2/c1-10-8-15(28-25-10)12-2-3-13(12)16-23-17-14(18(27)24-16)9-22-26(17)11-4-6-19(20,21)7-5-11/h8-9,11-13H,2-7H2,1H3,(H,23,24,27)/t12?,13-/m0/s1. The lowest BCUT2D eigenvalue weighted by molar-refractivity contribution is -0.0446. The van der Waals surface area contributed by atoms with Crippen LogP contribution in [0.1, 0.15) is 73.7 Å². The number of H-pyrrole nitrogens is 1. The Morgan fingerprint density at radius 1 is 1.21 bits per heavy atom. The van der Waals surface area contributed by atoms with Gasteiger partial charge in [-0.25, -0.2) is 18.4 Å². The van der Waals surface area contributed by atoms with Gasteiger partial charge in [0.25, 0.3) is 5.56 Å². The number of aryl methyl sites for hydroxylation is 1. The topological polar surface area (TPSA) is 89.6 Å². The molecule has 1 N–H and O–H groups in total. The second-order valence-corrected chi connectivity index (χ2v) is 8.03. The number of nitrogens with one attached hydrogen (secondary N) is 1. The molecule has 3 aromatic rings. The van der Waals surface area contributed by atoms with E-state index in [0.717, 1.165) is 24.3 Å². The van der Waals surface area contributed by atoms with Crippen LogP contribution in [0.5, 0.6) is 0 Å². The first kappa shape index (κ1) is 17.5. The van der Waals surface area contributed by atoms with Gasteiger partial charge in [-0.05, 0) is 32.6 Å². The van der Waals surface area contributed by atoms with Gasteiger partial charge in [-0.15, -0.1) is 0 Å². The Kier molecular flexibility index (Phi) is 3.89. The molecule has 2 fully saturated rings. The predicted molar refractivity (Wildman–Crippen MR) is 96.6 cm³/mol. The first-order valence-corrected chi connectivity index (χ1v) is 9.70. The molecule has 2 atom stereocenters. The third-order valence-corrected chi connectivity index (χ3v) is 6.15. The summed E-state index contributed by atoms with van der Waals surface area (Å²) in [4.78, 5) is 20.2. The molecule has 0 saturated heterocycles. The lowest BCUT2D eigenvalue weighted by Crippen LogP contribution is -2.28. The Bertz CT molecular complexity index is 1080. The van der Waals surface area contributed by atoms with Crippen LogP contribution in [0, 0.1) is 6.92 Å². The van der Waals surface area contributed by atoms with Gasteiger partial charge in [0, 0.05) is 30.7 Å². The second-order valence-electron chi connectivity index (χ2n) is 8.03. The molecule has 148 valence electrons. The monoisotopic (exact) mass is 389 g/mol. The van der Waals surface area contributed by atoms with Crippen LogP contribution < -0.4 is 5.56 Å². The van der Waals surface area contributed by atoms with Gasteiger partial charge in [-0.1, -0.05) is 5.16 Å². The van der Waals surface area contributed by atoms with E-state index in [1.165, 1.54) is 6.20 Å². The van der Waals surface area contributed by atoms with Crippen LogP contribution in [0.4, 0.5) is 8.78 Å². The first-order chi connectivity index (χ1) is 13.4. The van der Waals surface area contributed by atoms with E-state index in [1.807, 2.05) is 13.0 Å². The minimum Gasteiger partial charge on any atom is -0.361 e. The van der Waals surface area contributed by atoms with Crippen molar-refractivity contribution >= 4 is 11.0 Å². The summed E-state index contributed by atoms with van der Waals surface area (Å²) >= 11 is 0. The number of aromatic amines is 1. The smallest absolute Gasteiger partial charge is 0.262 e. The highest BCUT2D eigenvalue weighted by Crippen LogP contribution is 2.48. The summed E-state index contributed by atoms with van der Waals surface area (Å²) in [5.74, 6) is -1.02. The van der Waals surface area contributed by atoms with E-state index >= 15 is 0 Å². The van der Waals surface area contributed by atoms with E-state index in [2.05, 4.69) is 15.2 Å². The zero-order chi connectivity index (χ0) is 19.5. The highest BCUT2D eigenvalue weighted by atomic mass is 19.3. The molecule has 1 unspecified atom stereocenters. The zero-order valence-electron chi connectivity index (χ0n) is 15.5. The van der Waals surface area contributed by atoms with Gasteiger partial charge in [-0.3, -0.25) is 4.79 Å². The Labute approximate surface area is 159 Å². The number of halogens is 2. The van der Waals surface area contributed by atoms with Gasteiger partial charge in [0.2, 0.25) is 5.92 Å². The molecule has 9 heteroatoms. The molecule has 2 aliphatic carbocycles. The summed E-state index contributed by atoms with van der Waals surface area (Å²) in [6.45, 7) is 1.87. The van der Waals surface area contributed by atoms with Crippen LogP contribution in [0.2, 0.25) is 0 Å². The highest BCUT2D eigenvalue weighted by molar-refractivity contribution is 5.73. The van der Waals surface area contributed by atoms with E-state index < -0.39 is 5.92 Å². The molecule has 0 spiro atoms. The molecule has 0 radical (unpaired) electrons. The van der Waals surface area contributed by atoms with E-state index in [1.54, 1.807) is 4.68 Å². The van der Waals surface area contributed by atoms with Crippen LogP contribution in [0.15, 0.2) is 21.6 Å². The normalized spacial score (nSPS) is 25.1. The Morgan fingerprint density at radius 2 is 1.96 bits per heavy atom. The molecule has 5 rings (SSSR count). The van der Waals surface area contributed by atoms with Crippen LogP contribution >= 0.6 is 0 Å². The minimum absolute atomic E-state index is 0.0449. The van der Waals surface area contributed by atoms with Crippen molar-refractivity contribution in [3.63, 3.8) is 0 Å². The molecule has 2 saturated carbocycles. The molecule has 28 heavy (non-hydrogen) atoms. The quantitative estimate of drug-likeness (QED) is 0.735. The van der Waals surface area contributed by atoms with Crippen molar-refractivity contribution in [2.24, 2.45) is 0 Å². The number of aromatic nitrogens is 5. The maximum Gasteiger partial charge on any atom is 0.262 e. The molecule has 3 aromatic heterocycles. The SMILES string of the molecule is Cc1cc(C2CC[C@@H]2c2nc3c(cnn3C3CCC(F)(F)CC3)c(=O)[nH]2)on1. The number of hydrogen-bond donors (Lipinski definition) is 1. The van der Waals surface area contributed by atoms with Crippen molar-refractivity contribution in [3.8, 4) is 0 Å². The zero-order valence-corrected chi connectivity index (χ0v) is 15.5. The first-order valence-electron chi connectivity index (χ1n) is 9.70. The van der Waals surface area contributed by atoms with Gasteiger partial charge in [0.1, 0.15) is 17.0 Å². The van der Waals surface area contributed by atoms with Gasteiger partial charge < -0.3 is 9.51 Å². The van der Waals surface area contributed by atoms with E-state index in [9.17, 15) is 13.6 Å². The fourth-order valence-corrected chi connectivity index (χ4v) is 4.39. The lowest BCUT2D eigenvalue weighted by atomic mass is 9.71. The fraction of sp³-hybridized carbons (Fsp3) is 0.579. The maximum atomic E-state index is 13.5. The van der Waals surface area contributed by atoms with Gasteiger partial charge in [-0.2, -0.15) is 5.10 Å². The van der Waals surface area contributed by atoms with Crippen LogP contribution in [-0.4, -0.2) is 30.8 Å². The number of alkyl halides is 2. The molecule has 0 amide bonds. The molecule has 0 aromatic carbocycles. The van der Waals surface area contributed by atoms with Crippen molar-refractivity contribution in [3.05, 3.63) is 39.9 Å². The van der Waals surface area contributed by atoms with Crippen molar-refractivity contribution in [1.29, 1.82) is 0 Å². The van der Waals surface area contributed by atoms with Gasteiger partial charge in [0.15, 0.2) is 5.65 Å². The molecule has 7 nitrogen and oxygen atoms in total. The van der Waals surface area contributed by atoms with Crippen molar-refractivity contribution in [2.75, 3.05) is 0 Å². The third kappa shape index (κ3) is 2.84. The maximum absolute atomic E-state index is 13.5. The molecule has 2 aliphatic rings. The molecule has 0 bridgehead atoms. The average Bonchev–Trinajstić information content (AvgIpc) is 3.21. The molecular formula is C19H21F2N5O2. The summed E-state index contributed by atoms with van der Waals surface area (Å²) < 4.78 is 34.1. The number of rotatable bonds is 3. The van der Waals surface area contributed by atoms with E-state index in [-0.39, 0.29) is 36.3 Å².